The van der Waals surface area contributed by atoms with Crippen molar-refractivity contribution in [2.24, 2.45) is 0 Å². The molecule has 4 nitrogen and oxygen atoms in total. The summed E-state index contributed by atoms with van der Waals surface area (Å²) in [6, 6.07) is 0. The van der Waals surface area contributed by atoms with Gasteiger partial charge in [-0.25, -0.2) is 9.66 Å². The molecule has 0 saturated heterocycles. The van der Waals surface area contributed by atoms with Crippen LogP contribution in [0.5, 0.6) is 0 Å². The van der Waals surface area contributed by atoms with E-state index >= 15 is 0 Å². The molecule has 0 aromatic carbocycles. The second-order valence-electron chi connectivity index (χ2n) is 4.20. The fourth-order valence-corrected chi connectivity index (χ4v) is 3.56. The van der Waals surface area contributed by atoms with Gasteiger partial charge in [0.05, 0.1) is 5.39 Å². The van der Waals surface area contributed by atoms with Crippen molar-refractivity contribution in [3.8, 4) is 0 Å². The van der Waals surface area contributed by atoms with Crippen molar-refractivity contribution >= 4 is 21.6 Å². The maximum Gasteiger partial charge on any atom is 0.280 e. The van der Waals surface area contributed by atoms with E-state index < -0.39 is 0 Å². The number of nitrogen functional groups attached to an aromatic ring is 1. The average molecular weight is 235 g/mol. The first-order valence-corrected chi connectivity index (χ1v) is 6.36. The molecule has 0 aliphatic heterocycles. The second kappa shape index (κ2) is 3.59. The van der Waals surface area contributed by atoms with E-state index in [4.69, 9.17) is 5.84 Å². The minimum atomic E-state index is -0.107. The quantitative estimate of drug-likeness (QED) is 0.555. The number of nitrogens with zero attached hydrogens (tertiary/aromatic N) is 2. The Morgan fingerprint density at radius 3 is 3.00 bits per heavy atom. The lowest BCUT2D eigenvalue weighted by atomic mass is 10.1. The van der Waals surface area contributed by atoms with Gasteiger partial charge in [0.15, 0.2) is 0 Å². The number of hydrogen-bond donors (Lipinski definition) is 1. The molecule has 5 heteroatoms. The van der Waals surface area contributed by atoms with Gasteiger partial charge in [-0.2, -0.15) is 0 Å². The molecule has 84 valence electrons. The van der Waals surface area contributed by atoms with E-state index in [-0.39, 0.29) is 5.56 Å². The first kappa shape index (κ1) is 9.84. The molecule has 3 rings (SSSR count). The van der Waals surface area contributed by atoms with Crippen LogP contribution in [0, 0.1) is 0 Å². The zero-order chi connectivity index (χ0) is 11.1. The molecule has 2 aromatic heterocycles. The molecule has 0 spiro atoms. The summed E-state index contributed by atoms with van der Waals surface area (Å²) >= 11 is 1.66. The van der Waals surface area contributed by atoms with Crippen molar-refractivity contribution in [1.29, 1.82) is 0 Å². The van der Waals surface area contributed by atoms with E-state index in [0.29, 0.717) is 0 Å². The van der Waals surface area contributed by atoms with Gasteiger partial charge in [-0.15, -0.1) is 11.3 Å². The molecule has 0 amide bonds. The van der Waals surface area contributed by atoms with Crippen LogP contribution < -0.4 is 11.4 Å². The van der Waals surface area contributed by atoms with Gasteiger partial charge in [-0.3, -0.25) is 4.79 Å². The van der Waals surface area contributed by atoms with Crippen molar-refractivity contribution in [1.82, 2.24) is 9.66 Å². The van der Waals surface area contributed by atoms with E-state index in [1.54, 1.807) is 11.3 Å². The van der Waals surface area contributed by atoms with Crippen molar-refractivity contribution in [2.75, 3.05) is 5.84 Å². The number of aromatic nitrogens is 2. The van der Waals surface area contributed by atoms with E-state index in [1.807, 2.05) is 0 Å². The molecule has 2 aromatic rings. The maximum atomic E-state index is 12.0. The number of aryl methyl sites for hydroxylation is 2. The fourth-order valence-electron chi connectivity index (χ4n) is 2.34. The summed E-state index contributed by atoms with van der Waals surface area (Å²) in [5, 5.41) is 0.756. The van der Waals surface area contributed by atoms with Gasteiger partial charge in [0, 0.05) is 4.88 Å². The number of nitrogens with two attached hydrogens (primary N) is 1. The van der Waals surface area contributed by atoms with Crippen LogP contribution in [0.2, 0.25) is 0 Å². The van der Waals surface area contributed by atoms with E-state index in [1.165, 1.54) is 29.6 Å². The number of thiophene rings is 1. The highest BCUT2D eigenvalue weighted by Crippen LogP contribution is 2.32. The Kier molecular flexibility index (Phi) is 2.21. The molecule has 1 aliphatic carbocycles. The highest BCUT2D eigenvalue weighted by molar-refractivity contribution is 7.18. The van der Waals surface area contributed by atoms with Crippen LogP contribution in [-0.4, -0.2) is 9.66 Å². The Bertz CT molecular complexity index is 599. The lowest BCUT2D eigenvalue weighted by Gasteiger charge is -1.99. The normalized spacial score (nSPS) is 16.0. The third-order valence-electron chi connectivity index (χ3n) is 3.15. The summed E-state index contributed by atoms with van der Waals surface area (Å²) in [4.78, 5) is 18.4. The van der Waals surface area contributed by atoms with Crippen LogP contribution in [0.25, 0.3) is 10.2 Å². The third kappa shape index (κ3) is 1.35. The van der Waals surface area contributed by atoms with Gasteiger partial charge in [0.2, 0.25) is 0 Å². The zero-order valence-corrected chi connectivity index (χ0v) is 9.72. The van der Waals surface area contributed by atoms with Gasteiger partial charge in [0.1, 0.15) is 11.2 Å². The van der Waals surface area contributed by atoms with Crippen molar-refractivity contribution in [3.05, 3.63) is 27.1 Å². The Hall–Kier alpha value is -1.36. The smallest absolute Gasteiger partial charge is 0.280 e. The molecule has 16 heavy (non-hydrogen) atoms. The Labute approximate surface area is 96.7 Å². The molecule has 0 unspecified atom stereocenters. The lowest BCUT2D eigenvalue weighted by molar-refractivity contribution is 0.713. The third-order valence-corrected chi connectivity index (χ3v) is 4.35. The van der Waals surface area contributed by atoms with E-state index in [0.717, 1.165) is 34.2 Å². The van der Waals surface area contributed by atoms with Crippen molar-refractivity contribution < 1.29 is 0 Å². The molecule has 0 saturated carbocycles. The second-order valence-corrected chi connectivity index (χ2v) is 5.29. The number of rotatable bonds is 0. The fraction of sp³-hybridized carbons (Fsp3) is 0.455. The van der Waals surface area contributed by atoms with E-state index in [2.05, 4.69) is 4.98 Å². The average Bonchev–Trinajstić information content (AvgIpc) is 2.47. The molecule has 0 fully saturated rings. The first-order chi connectivity index (χ1) is 7.77. The predicted molar refractivity (Wildman–Crippen MR) is 65.3 cm³/mol. The van der Waals surface area contributed by atoms with Gasteiger partial charge in [-0.05, 0) is 31.2 Å². The SMILES string of the molecule is Nn1cnc2sc3c(c2c1=O)CCCCC3. The molecular weight excluding hydrogens is 222 g/mol. The monoisotopic (exact) mass is 235 g/mol. The van der Waals surface area contributed by atoms with Gasteiger partial charge >= 0.3 is 0 Å². The summed E-state index contributed by atoms with van der Waals surface area (Å²) in [6.07, 6.45) is 7.12. The van der Waals surface area contributed by atoms with Crippen LogP contribution in [0.15, 0.2) is 11.1 Å². The molecule has 2 N–H and O–H groups in total. The molecular formula is C11H13N3OS. The summed E-state index contributed by atoms with van der Waals surface area (Å²) < 4.78 is 1.08. The van der Waals surface area contributed by atoms with E-state index in [9.17, 15) is 4.79 Å². The minimum Gasteiger partial charge on any atom is -0.335 e. The Morgan fingerprint density at radius 2 is 2.12 bits per heavy atom. The van der Waals surface area contributed by atoms with Crippen LogP contribution in [0.1, 0.15) is 29.7 Å². The molecule has 0 radical (unpaired) electrons. The van der Waals surface area contributed by atoms with Crippen molar-refractivity contribution in [2.45, 2.75) is 32.1 Å². The predicted octanol–water partition coefficient (Wildman–Crippen LogP) is 1.44. The topological polar surface area (TPSA) is 60.9 Å². The lowest BCUT2D eigenvalue weighted by Crippen LogP contribution is -2.27. The largest absolute Gasteiger partial charge is 0.335 e. The molecule has 0 atom stereocenters. The molecule has 0 bridgehead atoms. The van der Waals surface area contributed by atoms with Gasteiger partial charge in [0.25, 0.3) is 5.56 Å². The Balaban J connectivity index is 2.36. The molecule has 2 heterocycles. The number of fused-ring (bicyclic) bond motifs is 3. The van der Waals surface area contributed by atoms with Crippen LogP contribution in [0.4, 0.5) is 0 Å². The van der Waals surface area contributed by atoms with Gasteiger partial charge in [-0.1, -0.05) is 6.42 Å². The summed E-state index contributed by atoms with van der Waals surface area (Å²) in [6.45, 7) is 0. The number of hydrogen-bond acceptors (Lipinski definition) is 4. The van der Waals surface area contributed by atoms with Crippen LogP contribution in [0.3, 0.4) is 0 Å². The van der Waals surface area contributed by atoms with Crippen LogP contribution >= 0.6 is 11.3 Å². The summed E-state index contributed by atoms with van der Waals surface area (Å²) in [5.74, 6) is 5.56. The minimum absolute atomic E-state index is 0.107. The summed E-state index contributed by atoms with van der Waals surface area (Å²) in [7, 11) is 0. The zero-order valence-electron chi connectivity index (χ0n) is 8.90. The molecule has 1 aliphatic rings. The highest BCUT2D eigenvalue weighted by atomic mass is 32.1. The van der Waals surface area contributed by atoms with Crippen molar-refractivity contribution in [3.63, 3.8) is 0 Å². The first-order valence-electron chi connectivity index (χ1n) is 5.54. The van der Waals surface area contributed by atoms with Gasteiger partial charge < -0.3 is 5.84 Å². The highest BCUT2D eigenvalue weighted by Gasteiger charge is 2.18. The maximum absolute atomic E-state index is 12.0. The van der Waals surface area contributed by atoms with Crippen LogP contribution in [-0.2, 0) is 12.8 Å². The Morgan fingerprint density at radius 1 is 1.31 bits per heavy atom. The summed E-state index contributed by atoms with van der Waals surface area (Å²) in [5.41, 5.74) is 1.10. The standard InChI is InChI=1S/C11H13N3OS/c12-14-6-13-10-9(11(14)15)7-4-2-1-3-5-8(7)16-10/h6H,1-5,12H2.